The first-order valence-electron chi connectivity index (χ1n) is 9.76. The van der Waals surface area contributed by atoms with Gasteiger partial charge in [-0.15, -0.1) is 0 Å². The highest BCUT2D eigenvalue weighted by molar-refractivity contribution is 7.98. The molecule has 1 aromatic carbocycles. The van der Waals surface area contributed by atoms with Crippen molar-refractivity contribution in [1.29, 1.82) is 0 Å². The Bertz CT molecular complexity index is 665. The fraction of sp³-hybridized carbons (Fsp3) is 0.667. The number of rotatable bonds is 6. The van der Waals surface area contributed by atoms with Gasteiger partial charge in [0.05, 0.1) is 4.90 Å². The number of ketones is 1. The molecule has 0 heterocycles. The van der Waals surface area contributed by atoms with Gasteiger partial charge in [-0.25, -0.2) is 8.42 Å². The van der Waals surface area contributed by atoms with Crippen molar-refractivity contribution in [3.8, 4) is 0 Å². The first kappa shape index (κ1) is 24.2. The Morgan fingerprint density at radius 2 is 1.52 bits per heavy atom. The van der Waals surface area contributed by atoms with E-state index in [1.807, 2.05) is 6.92 Å². The van der Waals surface area contributed by atoms with Crippen molar-refractivity contribution in [2.24, 2.45) is 5.92 Å². The summed E-state index contributed by atoms with van der Waals surface area (Å²) in [5.41, 5.74) is 0.928. The summed E-state index contributed by atoms with van der Waals surface area (Å²) in [6.45, 7) is 10.9. The molecule has 4 nitrogen and oxygen atoms in total. The van der Waals surface area contributed by atoms with Crippen molar-refractivity contribution in [2.75, 3.05) is 5.75 Å². The van der Waals surface area contributed by atoms with Crippen molar-refractivity contribution >= 4 is 26.8 Å². The molecule has 0 saturated heterocycles. The van der Waals surface area contributed by atoms with Gasteiger partial charge in [-0.2, -0.15) is 0 Å². The fourth-order valence-corrected chi connectivity index (χ4v) is 6.08. The number of carbonyl (C=O) groups excluding carboxylic acids is 1. The summed E-state index contributed by atoms with van der Waals surface area (Å²) in [4.78, 5) is 12.0. The monoisotopic (exact) mass is 414 g/mol. The van der Waals surface area contributed by atoms with Gasteiger partial charge < -0.3 is 4.55 Å². The van der Waals surface area contributed by atoms with Crippen molar-refractivity contribution in [3.63, 3.8) is 0 Å². The number of aryl methyl sites for hydroxylation is 1. The van der Waals surface area contributed by atoms with Gasteiger partial charge in [-0.1, -0.05) is 37.0 Å². The van der Waals surface area contributed by atoms with Gasteiger partial charge >= 0.3 is 0 Å². The fourth-order valence-electron chi connectivity index (χ4n) is 3.29. The minimum atomic E-state index is -4.27. The Labute approximate surface area is 168 Å². The van der Waals surface area contributed by atoms with Crippen LogP contribution in [0.4, 0.5) is 0 Å². The molecule has 0 aromatic heterocycles. The van der Waals surface area contributed by atoms with Crippen LogP contribution in [-0.4, -0.2) is 35.0 Å². The van der Waals surface area contributed by atoms with E-state index >= 15 is 0 Å². The molecule has 1 aromatic rings. The Morgan fingerprint density at radius 1 is 1.04 bits per heavy atom. The van der Waals surface area contributed by atoms with E-state index in [4.69, 9.17) is 0 Å². The molecule has 1 aliphatic rings. The lowest BCUT2D eigenvalue weighted by atomic mass is 9.87. The van der Waals surface area contributed by atoms with Gasteiger partial charge in [0.15, 0.2) is 11.5 Å². The van der Waals surface area contributed by atoms with E-state index in [0.29, 0.717) is 33.1 Å². The van der Waals surface area contributed by atoms with Crippen LogP contribution in [0.3, 0.4) is 0 Å². The Morgan fingerprint density at radius 3 is 1.93 bits per heavy atom. The van der Waals surface area contributed by atoms with Gasteiger partial charge in [0, 0.05) is 5.92 Å². The van der Waals surface area contributed by atoms with E-state index in [2.05, 4.69) is 27.7 Å². The second-order valence-corrected chi connectivity index (χ2v) is 12.3. The van der Waals surface area contributed by atoms with Crippen molar-refractivity contribution in [3.05, 3.63) is 29.8 Å². The highest BCUT2D eigenvalue weighted by atomic mass is 32.2. The van der Waals surface area contributed by atoms with E-state index in [1.165, 1.54) is 31.4 Å². The number of benzene rings is 1. The zero-order chi connectivity index (χ0) is 20.6. The van der Waals surface area contributed by atoms with E-state index in [-0.39, 0.29) is 4.90 Å². The van der Waals surface area contributed by atoms with Gasteiger partial charge in [0.2, 0.25) is 0 Å². The molecule has 0 amide bonds. The van der Waals surface area contributed by atoms with Gasteiger partial charge in [0.25, 0.3) is 0 Å². The van der Waals surface area contributed by atoms with Crippen molar-refractivity contribution < 1.29 is 17.8 Å². The normalized spacial score (nSPS) is 15.7. The Kier molecular flexibility index (Phi) is 10.1. The molecule has 0 spiro atoms. The zero-order valence-electron chi connectivity index (χ0n) is 17.2. The molecule has 0 unspecified atom stereocenters. The molecule has 0 atom stereocenters. The Hall–Kier alpha value is -0.850. The summed E-state index contributed by atoms with van der Waals surface area (Å²) in [5.74, 6) is 1.81. The predicted octanol–water partition coefficient (Wildman–Crippen LogP) is 4.47. The summed E-state index contributed by atoms with van der Waals surface area (Å²) in [6, 6.07) is 5.78. The SMILES string of the molecule is CC(C)[S+](CC(=O)C1CCCCC1)C(C)C.Cc1ccc(S(=O)(=O)[O-])cc1. The third-order valence-corrected chi connectivity index (χ3v) is 8.78. The number of hydrogen-bond donors (Lipinski definition) is 0. The second kappa shape index (κ2) is 11.2. The van der Waals surface area contributed by atoms with Gasteiger partial charge in [0.1, 0.15) is 20.6 Å². The van der Waals surface area contributed by atoms with Crippen LogP contribution in [-0.2, 0) is 25.8 Å². The molecular formula is C21H34O4S2. The quantitative estimate of drug-likeness (QED) is 0.508. The minimum Gasteiger partial charge on any atom is -0.744 e. The first-order valence-corrected chi connectivity index (χ1v) is 12.7. The minimum absolute atomic E-state index is 0.178. The third-order valence-electron chi connectivity index (χ3n) is 4.89. The van der Waals surface area contributed by atoms with Crippen LogP contribution in [0.2, 0.25) is 0 Å². The lowest BCUT2D eigenvalue weighted by Crippen LogP contribution is -2.34. The largest absolute Gasteiger partial charge is 0.744 e. The number of hydrogen-bond acceptors (Lipinski definition) is 4. The van der Waals surface area contributed by atoms with Crippen LogP contribution in [0.15, 0.2) is 29.2 Å². The van der Waals surface area contributed by atoms with Crippen molar-refractivity contribution in [2.45, 2.75) is 82.1 Å². The topological polar surface area (TPSA) is 74.3 Å². The maximum absolute atomic E-state index is 12.2. The number of Topliss-reactive ketones (excluding diaryl/α,β-unsaturated/α-hetero) is 1. The van der Waals surface area contributed by atoms with E-state index in [0.717, 1.165) is 24.2 Å². The van der Waals surface area contributed by atoms with Crippen molar-refractivity contribution in [1.82, 2.24) is 0 Å². The van der Waals surface area contributed by atoms with Crippen LogP contribution < -0.4 is 0 Å². The van der Waals surface area contributed by atoms with Crippen LogP contribution in [0.1, 0.15) is 65.4 Å². The summed E-state index contributed by atoms with van der Waals surface area (Å²) in [5, 5.41) is 1.32. The smallest absolute Gasteiger partial charge is 0.184 e. The lowest BCUT2D eigenvalue weighted by molar-refractivity contribution is -0.121. The molecular weight excluding hydrogens is 380 g/mol. The molecule has 154 valence electrons. The third kappa shape index (κ3) is 8.79. The molecule has 0 N–H and O–H groups in total. The van der Waals surface area contributed by atoms with E-state index in [9.17, 15) is 17.8 Å². The molecule has 0 radical (unpaired) electrons. The highest BCUT2D eigenvalue weighted by Crippen LogP contribution is 2.26. The van der Waals surface area contributed by atoms with Crippen LogP contribution in [0.5, 0.6) is 0 Å². The molecule has 0 aliphatic heterocycles. The maximum atomic E-state index is 12.2. The lowest BCUT2D eigenvalue weighted by Gasteiger charge is -2.22. The summed E-state index contributed by atoms with van der Waals surface area (Å²) in [6.07, 6.45) is 6.20. The summed E-state index contributed by atoms with van der Waals surface area (Å²) >= 11 is 0. The summed E-state index contributed by atoms with van der Waals surface area (Å²) < 4.78 is 31.2. The molecule has 1 saturated carbocycles. The second-order valence-electron chi connectivity index (χ2n) is 7.78. The molecule has 1 fully saturated rings. The zero-order valence-corrected chi connectivity index (χ0v) is 18.9. The van der Waals surface area contributed by atoms with Gasteiger partial charge in [-0.05, 0) is 70.5 Å². The van der Waals surface area contributed by atoms with Crippen LogP contribution >= 0.6 is 0 Å². The average molecular weight is 415 g/mol. The molecule has 6 heteroatoms. The standard InChI is InChI=1S/C14H27OS.C7H8O3S/c1-11(2)16(12(3)4)10-14(15)13-8-6-5-7-9-13;1-6-2-4-7(5-3-6)11(8,9)10/h11-13H,5-10H2,1-4H3;2-5H,1H3,(H,8,9,10)/q+1;/p-1. The summed E-state index contributed by atoms with van der Waals surface area (Å²) in [7, 11) is -3.98. The molecule has 1 aliphatic carbocycles. The Balaban J connectivity index is 0.000000289. The molecule has 27 heavy (non-hydrogen) atoms. The number of carbonyl (C=O) groups is 1. The molecule has 2 rings (SSSR count). The predicted molar refractivity (Wildman–Crippen MR) is 113 cm³/mol. The average Bonchev–Trinajstić information content (AvgIpc) is 2.59. The van der Waals surface area contributed by atoms with E-state index < -0.39 is 10.1 Å². The van der Waals surface area contributed by atoms with Crippen LogP contribution in [0, 0.1) is 12.8 Å². The van der Waals surface area contributed by atoms with Gasteiger partial charge in [-0.3, -0.25) is 4.79 Å². The van der Waals surface area contributed by atoms with E-state index in [1.54, 1.807) is 12.1 Å². The molecule has 0 bridgehead atoms. The van der Waals surface area contributed by atoms with Crippen LogP contribution in [0.25, 0.3) is 0 Å². The maximum Gasteiger partial charge on any atom is 0.184 e. The highest BCUT2D eigenvalue weighted by Gasteiger charge is 2.33. The first-order chi connectivity index (χ1) is 12.5.